The molecule has 0 amide bonds. The van der Waals surface area contributed by atoms with Gasteiger partial charge in [-0.15, -0.1) is 0 Å². The van der Waals surface area contributed by atoms with Gasteiger partial charge in [0.25, 0.3) is 0 Å². The molecule has 9 nitrogen and oxygen atoms in total. The number of nitrogens with one attached hydrogen (secondary N) is 2. The van der Waals surface area contributed by atoms with E-state index in [4.69, 9.17) is 9.72 Å². The van der Waals surface area contributed by atoms with Crippen molar-refractivity contribution in [2.24, 2.45) is 0 Å². The van der Waals surface area contributed by atoms with Gasteiger partial charge in [-0.2, -0.15) is 4.98 Å². The summed E-state index contributed by atoms with van der Waals surface area (Å²) in [5.74, 6) is 1.27. The topological polar surface area (TPSA) is 99.7 Å². The molecule has 11 heteroatoms. The smallest absolute Gasteiger partial charge is 0.232 e. The number of anilines is 2. The van der Waals surface area contributed by atoms with Crippen LogP contribution in [-0.4, -0.2) is 82.0 Å². The highest BCUT2D eigenvalue weighted by molar-refractivity contribution is 7.99. The van der Waals surface area contributed by atoms with Crippen molar-refractivity contribution in [3.63, 3.8) is 0 Å². The van der Waals surface area contributed by atoms with Crippen LogP contribution in [0.15, 0.2) is 40.3 Å². The van der Waals surface area contributed by atoms with E-state index in [0.29, 0.717) is 17.5 Å². The molecular formula is C21H30N6O3S2. The summed E-state index contributed by atoms with van der Waals surface area (Å²) in [6.07, 6.45) is 5.08. The number of nitrogens with zero attached hydrogens (tertiary/aromatic N) is 4. The maximum absolute atomic E-state index is 11.6. The van der Waals surface area contributed by atoms with Crippen LogP contribution in [0.4, 0.5) is 11.6 Å². The minimum absolute atomic E-state index is 0.0663. The zero-order valence-corrected chi connectivity index (χ0v) is 20.1. The number of ether oxygens (including phenoxy) is 1. The van der Waals surface area contributed by atoms with Crippen molar-refractivity contribution in [2.45, 2.75) is 28.7 Å². The lowest BCUT2D eigenvalue weighted by atomic mass is 10.1. The lowest BCUT2D eigenvalue weighted by molar-refractivity contribution is 0.156. The third-order valence-corrected chi connectivity index (χ3v) is 6.99. The maximum Gasteiger partial charge on any atom is 0.232 e. The molecule has 4 rings (SSSR count). The van der Waals surface area contributed by atoms with Crippen LogP contribution in [-0.2, 0) is 10.0 Å². The van der Waals surface area contributed by atoms with Gasteiger partial charge >= 0.3 is 0 Å². The first kappa shape index (κ1) is 23.1. The van der Waals surface area contributed by atoms with E-state index in [1.165, 1.54) is 11.8 Å². The molecule has 3 heterocycles. The van der Waals surface area contributed by atoms with Crippen LogP contribution in [0, 0.1) is 0 Å². The van der Waals surface area contributed by atoms with E-state index in [1.54, 1.807) is 12.1 Å². The van der Waals surface area contributed by atoms with Crippen LogP contribution in [0.2, 0.25) is 0 Å². The van der Waals surface area contributed by atoms with Gasteiger partial charge in [-0.3, -0.25) is 4.72 Å². The van der Waals surface area contributed by atoms with Crippen molar-refractivity contribution >= 4 is 33.4 Å². The van der Waals surface area contributed by atoms with E-state index in [1.807, 2.05) is 18.3 Å². The third-order valence-electron chi connectivity index (χ3n) is 5.39. The lowest BCUT2D eigenvalue weighted by Crippen LogP contribution is -2.45. The molecule has 2 aliphatic heterocycles. The molecule has 2 N–H and O–H groups in total. The van der Waals surface area contributed by atoms with E-state index >= 15 is 0 Å². The summed E-state index contributed by atoms with van der Waals surface area (Å²) in [7, 11) is -1.22. The minimum atomic E-state index is -3.34. The molecule has 0 spiro atoms. The fourth-order valence-electron chi connectivity index (χ4n) is 3.70. The van der Waals surface area contributed by atoms with Crippen molar-refractivity contribution in [2.75, 3.05) is 62.2 Å². The molecule has 1 atom stereocenters. The van der Waals surface area contributed by atoms with E-state index in [-0.39, 0.29) is 6.10 Å². The van der Waals surface area contributed by atoms with Crippen LogP contribution >= 0.6 is 11.8 Å². The summed E-state index contributed by atoms with van der Waals surface area (Å²) >= 11 is 1.47. The van der Waals surface area contributed by atoms with Crippen molar-refractivity contribution < 1.29 is 13.2 Å². The molecule has 2 aromatic rings. The second-order valence-electron chi connectivity index (χ2n) is 8.22. The SMILES string of the molecule is CN1CCN(c2ncc(Sc3cccc(NS(C)(=O)=O)c3)c(OC3CCCNC3)n2)CC1. The first-order valence-electron chi connectivity index (χ1n) is 10.8. The van der Waals surface area contributed by atoms with E-state index in [9.17, 15) is 8.42 Å². The molecule has 0 aliphatic carbocycles. The van der Waals surface area contributed by atoms with Gasteiger partial charge in [-0.1, -0.05) is 17.8 Å². The molecule has 1 aromatic carbocycles. The maximum atomic E-state index is 11.6. The fraction of sp³-hybridized carbons (Fsp3) is 0.524. The average molecular weight is 479 g/mol. The third kappa shape index (κ3) is 6.47. The number of likely N-dealkylation sites (N-methyl/N-ethyl adjacent to an activating group) is 1. The number of piperidine rings is 1. The van der Waals surface area contributed by atoms with Gasteiger partial charge in [-0.05, 0) is 44.6 Å². The normalized spacial score (nSPS) is 20.2. The predicted octanol–water partition coefficient (Wildman–Crippen LogP) is 1.88. The molecule has 2 saturated heterocycles. The van der Waals surface area contributed by atoms with E-state index in [0.717, 1.165) is 68.2 Å². The Bertz CT molecular complexity index is 1020. The second kappa shape index (κ2) is 10.2. The monoisotopic (exact) mass is 478 g/mol. The molecule has 2 aliphatic rings. The van der Waals surface area contributed by atoms with Gasteiger partial charge in [0, 0.05) is 43.3 Å². The molecule has 2 fully saturated rings. The van der Waals surface area contributed by atoms with Crippen molar-refractivity contribution in [1.82, 2.24) is 20.2 Å². The zero-order chi connectivity index (χ0) is 22.6. The van der Waals surface area contributed by atoms with Crippen molar-refractivity contribution in [3.05, 3.63) is 30.5 Å². The van der Waals surface area contributed by atoms with Crippen LogP contribution in [0.5, 0.6) is 5.88 Å². The molecule has 0 radical (unpaired) electrons. The van der Waals surface area contributed by atoms with E-state index < -0.39 is 10.0 Å². The number of aromatic nitrogens is 2. The molecule has 32 heavy (non-hydrogen) atoms. The Morgan fingerprint density at radius 1 is 1.25 bits per heavy atom. The highest BCUT2D eigenvalue weighted by Gasteiger charge is 2.22. The Labute approximate surface area is 194 Å². The largest absolute Gasteiger partial charge is 0.472 e. The number of rotatable bonds is 7. The number of piperazine rings is 1. The zero-order valence-electron chi connectivity index (χ0n) is 18.5. The van der Waals surface area contributed by atoms with Gasteiger partial charge < -0.3 is 19.9 Å². The molecule has 0 saturated carbocycles. The van der Waals surface area contributed by atoms with Gasteiger partial charge in [0.1, 0.15) is 6.10 Å². The molecule has 1 unspecified atom stereocenters. The summed E-state index contributed by atoms with van der Waals surface area (Å²) in [4.78, 5) is 15.6. The first-order valence-corrected chi connectivity index (χ1v) is 13.5. The number of sulfonamides is 1. The summed E-state index contributed by atoms with van der Waals surface area (Å²) in [5.41, 5.74) is 0.520. The second-order valence-corrected chi connectivity index (χ2v) is 11.1. The van der Waals surface area contributed by atoms with Crippen LogP contribution in [0.1, 0.15) is 12.8 Å². The van der Waals surface area contributed by atoms with Crippen LogP contribution in [0.3, 0.4) is 0 Å². The average Bonchev–Trinajstić information content (AvgIpc) is 2.75. The van der Waals surface area contributed by atoms with Crippen molar-refractivity contribution in [1.29, 1.82) is 0 Å². The highest BCUT2D eigenvalue weighted by Crippen LogP contribution is 2.36. The summed E-state index contributed by atoms with van der Waals surface area (Å²) < 4.78 is 32.0. The van der Waals surface area contributed by atoms with Crippen molar-refractivity contribution in [3.8, 4) is 5.88 Å². The Morgan fingerprint density at radius 3 is 2.78 bits per heavy atom. The lowest BCUT2D eigenvalue weighted by Gasteiger charge is -2.32. The molecule has 0 bridgehead atoms. The van der Waals surface area contributed by atoms with Gasteiger partial charge in [-0.25, -0.2) is 13.4 Å². The van der Waals surface area contributed by atoms with Crippen LogP contribution < -0.4 is 19.7 Å². The van der Waals surface area contributed by atoms with E-state index in [2.05, 4.69) is 31.9 Å². The highest BCUT2D eigenvalue weighted by atomic mass is 32.2. The number of benzene rings is 1. The Morgan fingerprint density at radius 2 is 2.06 bits per heavy atom. The Hall–Kier alpha value is -2.08. The number of hydrogen-bond donors (Lipinski definition) is 2. The van der Waals surface area contributed by atoms with Gasteiger partial charge in [0.2, 0.25) is 21.9 Å². The summed E-state index contributed by atoms with van der Waals surface area (Å²) in [6, 6.07) is 7.27. The molecule has 1 aromatic heterocycles. The van der Waals surface area contributed by atoms with Gasteiger partial charge in [0.05, 0.1) is 17.3 Å². The first-order chi connectivity index (χ1) is 15.4. The summed E-state index contributed by atoms with van der Waals surface area (Å²) in [6.45, 7) is 5.52. The number of hydrogen-bond acceptors (Lipinski definition) is 9. The predicted molar refractivity (Wildman–Crippen MR) is 127 cm³/mol. The molecule has 174 valence electrons. The standard InChI is InChI=1S/C21H30N6O3S2/c1-26-9-11-27(12-10-26)21-23-15-19(20(24-21)30-17-6-4-8-22-14-17)31-18-7-3-5-16(13-18)25-32(2,28)29/h3,5,7,13,15,17,22,25H,4,6,8-12,14H2,1-2H3. The quantitative estimate of drug-likeness (QED) is 0.618. The Kier molecular flexibility index (Phi) is 7.39. The minimum Gasteiger partial charge on any atom is -0.472 e. The molecular weight excluding hydrogens is 448 g/mol. The summed E-state index contributed by atoms with van der Waals surface area (Å²) in [5, 5.41) is 3.38. The fourth-order valence-corrected chi connectivity index (χ4v) is 5.13. The van der Waals surface area contributed by atoms with Gasteiger partial charge in [0.15, 0.2) is 0 Å². The Balaban J connectivity index is 1.57. The van der Waals surface area contributed by atoms with Crippen LogP contribution in [0.25, 0.3) is 0 Å².